The van der Waals surface area contributed by atoms with Crippen molar-refractivity contribution in [1.29, 1.82) is 0 Å². The van der Waals surface area contributed by atoms with Crippen molar-refractivity contribution < 1.29 is 9.21 Å². The van der Waals surface area contributed by atoms with Crippen molar-refractivity contribution in [2.75, 3.05) is 32.1 Å². The lowest BCUT2D eigenvalue weighted by Crippen LogP contribution is -2.40. The number of carbonyl (C=O) groups is 1. The van der Waals surface area contributed by atoms with Crippen molar-refractivity contribution >= 4 is 27.5 Å². The van der Waals surface area contributed by atoms with Gasteiger partial charge in [-0.05, 0) is 63.3 Å². The molecule has 6 heteroatoms. The van der Waals surface area contributed by atoms with Crippen LogP contribution >= 0.6 is 15.9 Å². The number of rotatable bonds is 6. The Labute approximate surface area is 185 Å². The van der Waals surface area contributed by atoms with Gasteiger partial charge < -0.3 is 14.6 Å². The molecule has 1 aromatic heterocycles. The number of benzene rings is 2. The van der Waals surface area contributed by atoms with Crippen molar-refractivity contribution in [1.82, 2.24) is 10.2 Å². The van der Waals surface area contributed by atoms with Crippen LogP contribution in [0.15, 0.2) is 69.8 Å². The second kappa shape index (κ2) is 9.06. The zero-order valence-corrected chi connectivity index (χ0v) is 18.9. The molecular formula is C24H26BrN3O2. The largest absolute Gasteiger partial charge is 0.444 e. The summed E-state index contributed by atoms with van der Waals surface area (Å²) >= 11 is 3.25. The van der Waals surface area contributed by atoms with Crippen LogP contribution in [0.3, 0.4) is 0 Å². The third-order valence-corrected chi connectivity index (χ3v) is 6.07. The lowest BCUT2D eigenvalue weighted by atomic mass is 9.96. The fourth-order valence-electron chi connectivity index (χ4n) is 3.95. The Balaban J connectivity index is 1.55. The molecule has 2 aromatic carbocycles. The Kier molecular flexibility index (Phi) is 6.25. The summed E-state index contributed by atoms with van der Waals surface area (Å²) in [7, 11) is 4.07. The molecule has 5 nitrogen and oxygen atoms in total. The number of carbonyl (C=O) groups excluding carboxylic acids is 1. The van der Waals surface area contributed by atoms with Crippen LogP contribution in [0.1, 0.15) is 33.3 Å². The molecule has 156 valence electrons. The summed E-state index contributed by atoms with van der Waals surface area (Å²) in [6, 6.07) is 20.7. The minimum Gasteiger partial charge on any atom is -0.444 e. The van der Waals surface area contributed by atoms with E-state index in [0.717, 1.165) is 25.2 Å². The normalized spacial score (nSPS) is 14.8. The van der Waals surface area contributed by atoms with Gasteiger partial charge >= 0.3 is 0 Å². The van der Waals surface area contributed by atoms with Crippen molar-refractivity contribution in [2.24, 2.45) is 0 Å². The Morgan fingerprint density at radius 3 is 2.50 bits per heavy atom. The van der Waals surface area contributed by atoms with Gasteiger partial charge in [0.15, 0.2) is 10.4 Å². The predicted octanol–water partition coefficient (Wildman–Crippen LogP) is 4.64. The highest BCUT2D eigenvalue weighted by Gasteiger charge is 2.26. The molecule has 4 rings (SSSR count). The lowest BCUT2D eigenvalue weighted by molar-refractivity contribution is 0.0899. The number of nitrogens with one attached hydrogen (secondary N) is 1. The monoisotopic (exact) mass is 467 g/mol. The lowest BCUT2D eigenvalue weighted by Gasteiger charge is -2.36. The molecule has 1 aliphatic rings. The zero-order chi connectivity index (χ0) is 21.1. The number of nitrogens with zero attached hydrogens (tertiary/aromatic N) is 2. The van der Waals surface area contributed by atoms with Crippen LogP contribution in [-0.4, -0.2) is 38.0 Å². The summed E-state index contributed by atoms with van der Waals surface area (Å²) in [6.45, 7) is 2.35. The highest BCUT2D eigenvalue weighted by Crippen LogP contribution is 2.29. The molecule has 0 fully saturated rings. The fourth-order valence-corrected chi connectivity index (χ4v) is 4.26. The standard InChI is InChI=1S/C24H26BrN3O2/c1-27(2)20-9-7-18(8-10-20)21(15-26-24(29)22-11-12-23(25)30-22)28-14-13-17-5-3-4-6-19(17)16-28/h3-12,21H,13-16H2,1-2H3,(H,26,29). The van der Waals surface area contributed by atoms with E-state index in [1.54, 1.807) is 12.1 Å². The van der Waals surface area contributed by atoms with Crippen LogP contribution in [-0.2, 0) is 13.0 Å². The summed E-state index contributed by atoms with van der Waals surface area (Å²) in [5.74, 6) is 0.112. The van der Waals surface area contributed by atoms with Gasteiger partial charge in [0.2, 0.25) is 0 Å². The highest BCUT2D eigenvalue weighted by atomic mass is 79.9. The zero-order valence-electron chi connectivity index (χ0n) is 17.3. The van der Waals surface area contributed by atoms with Gasteiger partial charge in [-0.15, -0.1) is 0 Å². The molecule has 0 bridgehead atoms. The van der Waals surface area contributed by atoms with Crippen LogP contribution in [0.5, 0.6) is 0 Å². The smallest absolute Gasteiger partial charge is 0.287 e. The van der Waals surface area contributed by atoms with Gasteiger partial charge in [0.1, 0.15) is 0 Å². The molecule has 1 N–H and O–H groups in total. The number of hydrogen-bond donors (Lipinski definition) is 1. The van der Waals surface area contributed by atoms with Crippen LogP contribution in [0.25, 0.3) is 0 Å². The molecule has 0 radical (unpaired) electrons. The SMILES string of the molecule is CN(C)c1ccc(C(CNC(=O)c2ccc(Br)o2)N2CCc3ccccc3C2)cc1. The average molecular weight is 468 g/mol. The van der Waals surface area contributed by atoms with E-state index in [0.29, 0.717) is 17.0 Å². The number of furan rings is 1. The van der Waals surface area contributed by atoms with Gasteiger partial charge in [-0.1, -0.05) is 36.4 Å². The number of fused-ring (bicyclic) bond motifs is 1. The summed E-state index contributed by atoms with van der Waals surface area (Å²) in [5.41, 5.74) is 5.13. The van der Waals surface area contributed by atoms with Gasteiger partial charge in [0, 0.05) is 39.4 Å². The van der Waals surface area contributed by atoms with Crippen LogP contribution in [0.2, 0.25) is 0 Å². The predicted molar refractivity (Wildman–Crippen MR) is 123 cm³/mol. The van der Waals surface area contributed by atoms with E-state index in [1.807, 2.05) is 14.1 Å². The van der Waals surface area contributed by atoms with E-state index in [9.17, 15) is 4.79 Å². The number of hydrogen-bond acceptors (Lipinski definition) is 4. The van der Waals surface area contributed by atoms with Gasteiger partial charge in [-0.3, -0.25) is 9.69 Å². The Hall–Kier alpha value is -2.57. The second-order valence-corrected chi connectivity index (χ2v) is 8.59. The van der Waals surface area contributed by atoms with E-state index in [1.165, 1.54) is 16.7 Å². The molecule has 2 heterocycles. The topological polar surface area (TPSA) is 48.7 Å². The summed E-state index contributed by atoms with van der Waals surface area (Å²) in [4.78, 5) is 17.1. The number of halogens is 1. The molecule has 1 amide bonds. The fraction of sp³-hybridized carbons (Fsp3) is 0.292. The first-order valence-electron chi connectivity index (χ1n) is 10.1. The van der Waals surface area contributed by atoms with Crippen LogP contribution in [0, 0.1) is 0 Å². The Morgan fingerprint density at radius 2 is 1.83 bits per heavy atom. The quantitative estimate of drug-likeness (QED) is 0.573. The number of anilines is 1. The van der Waals surface area contributed by atoms with Gasteiger partial charge in [-0.2, -0.15) is 0 Å². The molecule has 1 unspecified atom stereocenters. The third-order valence-electron chi connectivity index (χ3n) is 5.65. The molecule has 30 heavy (non-hydrogen) atoms. The van der Waals surface area contributed by atoms with Gasteiger partial charge in [0.05, 0.1) is 6.04 Å². The van der Waals surface area contributed by atoms with E-state index < -0.39 is 0 Å². The van der Waals surface area contributed by atoms with Crippen LogP contribution in [0.4, 0.5) is 5.69 Å². The first-order chi connectivity index (χ1) is 14.5. The van der Waals surface area contributed by atoms with E-state index in [2.05, 4.69) is 79.6 Å². The molecule has 0 saturated heterocycles. The maximum absolute atomic E-state index is 12.6. The summed E-state index contributed by atoms with van der Waals surface area (Å²) < 4.78 is 5.95. The maximum atomic E-state index is 12.6. The first kappa shape index (κ1) is 20.7. The van der Waals surface area contributed by atoms with Crippen molar-refractivity contribution in [3.8, 4) is 0 Å². The third kappa shape index (κ3) is 4.60. The molecule has 3 aromatic rings. The average Bonchev–Trinajstić information content (AvgIpc) is 3.20. The van der Waals surface area contributed by atoms with Gasteiger partial charge in [-0.25, -0.2) is 0 Å². The molecule has 1 aliphatic heterocycles. The summed E-state index contributed by atoms with van der Waals surface area (Å²) in [6.07, 6.45) is 1.02. The Morgan fingerprint density at radius 1 is 1.10 bits per heavy atom. The Bertz CT molecular complexity index is 1010. The van der Waals surface area contributed by atoms with Crippen molar-refractivity contribution in [2.45, 2.75) is 19.0 Å². The summed E-state index contributed by atoms with van der Waals surface area (Å²) in [5, 5.41) is 3.06. The second-order valence-electron chi connectivity index (χ2n) is 7.80. The highest BCUT2D eigenvalue weighted by molar-refractivity contribution is 9.10. The maximum Gasteiger partial charge on any atom is 0.287 e. The van der Waals surface area contributed by atoms with E-state index in [-0.39, 0.29) is 11.9 Å². The molecule has 0 aliphatic carbocycles. The molecular weight excluding hydrogens is 442 g/mol. The minimum atomic E-state index is -0.201. The first-order valence-corrected chi connectivity index (χ1v) is 10.9. The van der Waals surface area contributed by atoms with E-state index >= 15 is 0 Å². The van der Waals surface area contributed by atoms with E-state index in [4.69, 9.17) is 4.42 Å². The number of amides is 1. The van der Waals surface area contributed by atoms with Crippen molar-refractivity contribution in [3.63, 3.8) is 0 Å². The van der Waals surface area contributed by atoms with Crippen LogP contribution < -0.4 is 10.2 Å². The minimum absolute atomic E-state index is 0.0805. The van der Waals surface area contributed by atoms with Gasteiger partial charge in [0.25, 0.3) is 5.91 Å². The van der Waals surface area contributed by atoms with Crippen molar-refractivity contribution in [3.05, 3.63) is 87.8 Å². The molecule has 0 spiro atoms. The molecule has 0 saturated carbocycles. The molecule has 1 atom stereocenters.